The van der Waals surface area contributed by atoms with Crippen LogP contribution in [0.25, 0.3) is 0 Å². The van der Waals surface area contributed by atoms with Crippen molar-refractivity contribution in [1.82, 2.24) is 5.32 Å². The summed E-state index contributed by atoms with van der Waals surface area (Å²) in [5, 5.41) is 2.87. The van der Waals surface area contributed by atoms with Crippen LogP contribution in [-0.4, -0.2) is 31.2 Å². The quantitative estimate of drug-likeness (QED) is 0.613. The number of nitrogens with one attached hydrogen (secondary N) is 1. The van der Waals surface area contributed by atoms with Crippen LogP contribution in [0.1, 0.15) is 45.4 Å². The summed E-state index contributed by atoms with van der Waals surface area (Å²) in [5.74, 6) is 0.00677. The third-order valence-corrected chi connectivity index (χ3v) is 3.09. The van der Waals surface area contributed by atoms with Crippen molar-refractivity contribution in [2.45, 2.75) is 51.0 Å². The molecule has 3 N–H and O–H groups in total. The molecule has 0 aromatic heterocycles. The summed E-state index contributed by atoms with van der Waals surface area (Å²) in [5.41, 5.74) is 5.32. The average Bonchev–Trinajstić information content (AvgIpc) is 2.24. The topological polar surface area (TPSA) is 64.3 Å². The van der Waals surface area contributed by atoms with E-state index in [1.807, 2.05) is 0 Å². The first kappa shape index (κ1) is 13.5. The highest BCUT2D eigenvalue weighted by molar-refractivity contribution is 5.86. The van der Waals surface area contributed by atoms with Gasteiger partial charge in [-0.05, 0) is 32.1 Å². The van der Waals surface area contributed by atoms with E-state index in [4.69, 9.17) is 10.5 Å². The van der Waals surface area contributed by atoms with Crippen LogP contribution in [0.15, 0.2) is 0 Å². The largest absolute Gasteiger partial charge is 0.381 e. The van der Waals surface area contributed by atoms with Crippen molar-refractivity contribution in [3.05, 3.63) is 0 Å². The van der Waals surface area contributed by atoms with Gasteiger partial charge in [-0.1, -0.05) is 13.3 Å². The third kappa shape index (κ3) is 4.10. The van der Waals surface area contributed by atoms with Crippen molar-refractivity contribution >= 4 is 5.91 Å². The molecule has 1 fully saturated rings. The maximum atomic E-state index is 11.6. The first-order valence-corrected chi connectivity index (χ1v) is 6.34. The van der Waals surface area contributed by atoms with Crippen LogP contribution in [0.5, 0.6) is 0 Å². The Labute approximate surface area is 97.9 Å². The lowest BCUT2D eigenvalue weighted by molar-refractivity contribution is -0.129. The van der Waals surface area contributed by atoms with Gasteiger partial charge in [-0.3, -0.25) is 4.79 Å². The number of unbranched alkanes of at least 4 members (excludes halogenated alkanes) is 1. The molecular weight excluding hydrogens is 204 g/mol. The molecule has 0 bridgehead atoms. The van der Waals surface area contributed by atoms with Crippen LogP contribution in [0.2, 0.25) is 0 Å². The number of ether oxygens (including phenoxy) is 1. The Hall–Kier alpha value is -0.610. The van der Waals surface area contributed by atoms with Gasteiger partial charge in [0.25, 0.3) is 0 Å². The van der Waals surface area contributed by atoms with Crippen molar-refractivity contribution in [3.8, 4) is 0 Å². The Kier molecular flexibility index (Phi) is 5.77. The molecule has 94 valence electrons. The molecule has 0 atom stereocenters. The molecule has 1 amide bonds. The lowest BCUT2D eigenvalue weighted by Gasteiger charge is -2.36. The molecule has 0 aromatic carbocycles. The zero-order chi connectivity index (χ0) is 11.9. The van der Waals surface area contributed by atoms with Crippen LogP contribution in [0.4, 0.5) is 0 Å². The molecule has 0 radical (unpaired) electrons. The van der Waals surface area contributed by atoms with Crippen molar-refractivity contribution < 1.29 is 9.53 Å². The van der Waals surface area contributed by atoms with Gasteiger partial charge >= 0.3 is 0 Å². The van der Waals surface area contributed by atoms with E-state index in [1.54, 1.807) is 0 Å². The number of hydrogen-bond acceptors (Lipinski definition) is 3. The molecule has 0 aliphatic heterocycles. The molecule has 1 aliphatic rings. The lowest BCUT2D eigenvalue weighted by Crippen LogP contribution is -2.58. The Bertz CT molecular complexity index is 215. The summed E-state index contributed by atoms with van der Waals surface area (Å²) < 4.78 is 5.40. The smallest absolute Gasteiger partial charge is 0.240 e. The SMILES string of the molecule is CCCCOCCCNC(=O)C1(N)CCC1. The zero-order valence-corrected chi connectivity index (χ0v) is 10.3. The molecule has 0 unspecified atom stereocenters. The Morgan fingerprint density at radius 3 is 2.62 bits per heavy atom. The normalized spacial score (nSPS) is 17.9. The number of rotatable bonds is 8. The summed E-state index contributed by atoms with van der Waals surface area (Å²) in [6.07, 6.45) is 5.86. The van der Waals surface area contributed by atoms with Crippen LogP contribution >= 0.6 is 0 Å². The predicted octanol–water partition coefficient (Wildman–Crippen LogP) is 1.19. The van der Waals surface area contributed by atoms with E-state index in [0.717, 1.165) is 51.7 Å². The second kappa shape index (κ2) is 6.86. The molecule has 16 heavy (non-hydrogen) atoms. The molecule has 1 rings (SSSR count). The second-order valence-electron chi connectivity index (χ2n) is 4.59. The molecule has 1 saturated carbocycles. The van der Waals surface area contributed by atoms with Crippen molar-refractivity contribution in [2.75, 3.05) is 19.8 Å². The van der Waals surface area contributed by atoms with Crippen LogP contribution < -0.4 is 11.1 Å². The number of hydrogen-bond donors (Lipinski definition) is 2. The molecule has 4 nitrogen and oxygen atoms in total. The van der Waals surface area contributed by atoms with Gasteiger partial charge in [0.15, 0.2) is 0 Å². The van der Waals surface area contributed by atoms with E-state index >= 15 is 0 Å². The average molecular weight is 228 g/mol. The van der Waals surface area contributed by atoms with Gasteiger partial charge in [0.2, 0.25) is 5.91 Å². The Morgan fingerprint density at radius 1 is 1.38 bits per heavy atom. The molecule has 0 spiro atoms. The van der Waals surface area contributed by atoms with E-state index in [2.05, 4.69) is 12.2 Å². The van der Waals surface area contributed by atoms with E-state index in [1.165, 1.54) is 0 Å². The van der Waals surface area contributed by atoms with Gasteiger partial charge in [0, 0.05) is 19.8 Å². The molecule has 0 aromatic rings. The predicted molar refractivity (Wildman–Crippen MR) is 64.1 cm³/mol. The lowest BCUT2D eigenvalue weighted by atomic mass is 9.77. The number of amides is 1. The number of nitrogens with two attached hydrogens (primary N) is 1. The van der Waals surface area contributed by atoms with Gasteiger partial charge in [-0.2, -0.15) is 0 Å². The van der Waals surface area contributed by atoms with Crippen molar-refractivity contribution in [1.29, 1.82) is 0 Å². The van der Waals surface area contributed by atoms with Crippen molar-refractivity contribution in [2.24, 2.45) is 5.73 Å². The van der Waals surface area contributed by atoms with Gasteiger partial charge in [-0.15, -0.1) is 0 Å². The van der Waals surface area contributed by atoms with Gasteiger partial charge in [0.05, 0.1) is 5.54 Å². The van der Waals surface area contributed by atoms with Crippen LogP contribution in [0, 0.1) is 0 Å². The van der Waals surface area contributed by atoms with Crippen LogP contribution in [0.3, 0.4) is 0 Å². The van der Waals surface area contributed by atoms with E-state index in [9.17, 15) is 4.79 Å². The standard InChI is InChI=1S/C12H24N2O2/c1-2-3-9-16-10-5-8-14-11(15)12(13)6-4-7-12/h2-10,13H2,1H3,(H,14,15). The summed E-state index contributed by atoms with van der Waals surface area (Å²) >= 11 is 0. The highest BCUT2D eigenvalue weighted by Crippen LogP contribution is 2.28. The first-order valence-electron chi connectivity index (χ1n) is 6.34. The van der Waals surface area contributed by atoms with Crippen LogP contribution in [-0.2, 0) is 9.53 Å². The molecular formula is C12H24N2O2. The molecule has 1 aliphatic carbocycles. The van der Waals surface area contributed by atoms with Gasteiger partial charge in [-0.25, -0.2) is 0 Å². The summed E-state index contributed by atoms with van der Waals surface area (Å²) in [4.78, 5) is 11.6. The fourth-order valence-corrected chi connectivity index (χ4v) is 1.69. The van der Waals surface area contributed by atoms with Crippen molar-refractivity contribution in [3.63, 3.8) is 0 Å². The Morgan fingerprint density at radius 2 is 2.06 bits per heavy atom. The highest BCUT2D eigenvalue weighted by Gasteiger charge is 2.39. The van der Waals surface area contributed by atoms with E-state index in [-0.39, 0.29) is 5.91 Å². The van der Waals surface area contributed by atoms with E-state index in [0.29, 0.717) is 6.54 Å². The summed E-state index contributed by atoms with van der Waals surface area (Å²) in [7, 11) is 0. The second-order valence-corrected chi connectivity index (χ2v) is 4.59. The minimum Gasteiger partial charge on any atom is -0.381 e. The zero-order valence-electron chi connectivity index (χ0n) is 10.3. The maximum absolute atomic E-state index is 11.6. The first-order chi connectivity index (χ1) is 7.69. The van der Waals surface area contributed by atoms with Gasteiger partial charge < -0.3 is 15.8 Å². The fourth-order valence-electron chi connectivity index (χ4n) is 1.69. The van der Waals surface area contributed by atoms with Gasteiger partial charge in [0.1, 0.15) is 0 Å². The number of carbonyl (C=O) groups excluding carboxylic acids is 1. The molecule has 0 heterocycles. The minimum absolute atomic E-state index is 0.00677. The fraction of sp³-hybridized carbons (Fsp3) is 0.917. The number of carbonyl (C=O) groups is 1. The maximum Gasteiger partial charge on any atom is 0.240 e. The Balaban J connectivity index is 1.93. The molecule has 4 heteroatoms. The summed E-state index contributed by atoms with van der Waals surface area (Å²) in [6.45, 7) is 4.36. The molecule has 0 saturated heterocycles. The highest BCUT2D eigenvalue weighted by atomic mass is 16.5. The summed E-state index contributed by atoms with van der Waals surface area (Å²) in [6, 6.07) is 0. The third-order valence-electron chi connectivity index (χ3n) is 3.09. The van der Waals surface area contributed by atoms with E-state index < -0.39 is 5.54 Å². The monoisotopic (exact) mass is 228 g/mol. The minimum atomic E-state index is -0.566.